The normalized spacial score (nSPS) is 10.4. The molecule has 0 unspecified atom stereocenters. The lowest BCUT2D eigenvalue weighted by molar-refractivity contribution is -0.116. The Labute approximate surface area is 149 Å². The Kier molecular flexibility index (Phi) is 5.58. The van der Waals surface area contributed by atoms with Crippen molar-refractivity contribution in [3.63, 3.8) is 0 Å². The average molecular weight is 354 g/mol. The fourth-order valence-electron chi connectivity index (χ4n) is 2.29. The van der Waals surface area contributed by atoms with Crippen molar-refractivity contribution in [2.75, 3.05) is 11.9 Å². The molecule has 25 heavy (non-hydrogen) atoms. The lowest BCUT2D eigenvalue weighted by atomic mass is 10.2. The Morgan fingerprint density at radius 1 is 1.12 bits per heavy atom. The molecule has 128 valence electrons. The zero-order chi connectivity index (χ0) is 17.5. The lowest BCUT2D eigenvalue weighted by Gasteiger charge is -2.04. The lowest BCUT2D eigenvalue weighted by Crippen LogP contribution is -2.27. The number of amides is 2. The summed E-state index contributed by atoms with van der Waals surface area (Å²) in [6.45, 7) is 0.939. The van der Waals surface area contributed by atoms with Crippen LogP contribution in [0.1, 0.15) is 21.7 Å². The molecule has 0 saturated carbocycles. The van der Waals surface area contributed by atoms with E-state index in [2.05, 4.69) is 15.7 Å². The molecule has 0 atom stereocenters. The highest BCUT2D eigenvalue weighted by Gasteiger charge is 2.08. The number of benzene rings is 1. The molecule has 3 aromatic rings. The minimum atomic E-state index is -0.161. The molecule has 2 heterocycles. The fraction of sp³-hybridized carbons (Fsp3) is 0.167. The number of carbonyl (C=O) groups excluding carboxylic acids is 2. The molecule has 0 saturated heterocycles. The van der Waals surface area contributed by atoms with Gasteiger partial charge in [-0.05, 0) is 17.0 Å². The van der Waals surface area contributed by atoms with Crippen LogP contribution in [0.3, 0.4) is 0 Å². The summed E-state index contributed by atoms with van der Waals surface area (Å²) < 4.78 is 1.77. The molecule has 0 spiro atoms. The van der Waals surface area contributed by atoms with E-state index in [9.17, 15) is 9.59 Å². The highest BCUT2D eigenvalue weighted by Crippen LogP contribution is 2.09. The maximum absolute atomic E-state index is 12.0. The van der Waals surface area contributed by atoms with Gasteiger partial charge in [0.2, 0.25) is 5.91 Å². The quantitative estimate of drug-likeness (QED) is 0.685. The number of thiophene rings is 1. The van der Waals surface area contributed by atoms with Gasteiger partial charge in [0.05, 0.1) is 23.3 Å². The summed E-state index contributed by atoms with van der Waals surface area (Å²) in [6, 6.07) is 13.5. The summed E-state index contributed by atoms with van der Waals surface area (Å²) in [5.74, 6) is -0.316. The summed E-state index contributed by atoms with van der Waals surface area (Å²) in [7, 11) is 0. The predicted octanol–water partition coefficient (Wildman–Crippen LogP) is 2.75. The molecule has 2 amide bonds. The van der Waals surface area contributed by atoms with Gasteiger partial charge in [-0.15, -0.1) is 11.3 Å². The molecular weight excluding hydrogens is 336 g/mol. The van der Waals surface area contributed by atoms with Gasteiger partial charge in [0.1, 0.15) is 0 Å². The minimum Gasteiger partial charge on any atom is -0.351 e. The molecule has 0 fully saturated rings. The van der Waals surface area contributed by atoms with Gasteiger partial charge < -0.3 is 10.6 Å². The van der Waals surface area contributed by atoms with Crippen LogP contribution in [0.25, 0.3) is 0 Å². The molecular formula is C18H18N4O2S. The highest BCUT2D eigenvalue weighted by atomic mass is 32.1. The first kappa shape index (κ1) is 16.9. The summed E-state index contributed by atoms with van der Waals surface area (Å²) in [5, 5.41) is 11.6. The van der Waals surface area contributed by atoms with Gasteiger partial charge in [0.25, 0.3) is 5.91 Å². The predicted molar refractivity (Wildman–Crippen MR) is 97.7 cm³/mol. The Morgan fingerprint density at radius 2 is 1.96 bits per heavy atom. The van der Waals surface area contributed by atoms with Crippen LogP contribution in [0.5, 0.6) is 0 Å². The largest absolute Gasteiger partial charge is 0.351 e. The maximum atomic E-state index is 12.0. The molecule has 2 N–H and O–H groups in total. The molecule has 3 rings (SSSR count). The average Bonchev–Trinajstić information content (AvgIpc) is 3.28. The Hall–Kier alpha value is -2.93. The van der Waals surface area contributed by atoms with Crippen molar-refractivity contribution in [2.45, 2.75) is 13.0 Å². The van der Waals surface area contributed by atoms with Crippen LogP contribution >= 0.6 is 11.3 Å². The van der Waals surface area contributed by atoms with Gasteiger partial charge in [0.15, 0.2) is 0 Å². The topological polar surface area (TPSA) is 76.0 Å². The van der Waals surface area contributed by atoms with Crippen molar-refractivity contribution in [1.82, 2.24) is 15.1 Å². The third kappa shape index (κ3) is 5.02. The number of anilines is 1. The SMILES string of the molecule is O=C(CCNC(=O)c1cccs1)Nc1cnn(Cc2ccccc2)c1. The first-order valence-electron chi connectivity index (χ1n) is 7.88. The minimum absolute atomic E-state index is 0.154. The van der Waals surface area contributed by atoms with Gasteiger partial charge in [-0.3, -0.25) is 14.3 Å². The van der Waals surface area contributed by atoms with Crippen LogP contribution < -0.4 is 10.6 Å². The first-order chi connectivity index (χ1) is 12.2. The van der Waals surface area contributed by atoms with Crippen LogP contribution in [0, 0.1) is 0 Å². The first-order valence-corrected chi connectivity index (χ1v) is 8.76. The number of carbonyl (C=O) groups is 2. The van der Waals surface area contributed by atoms with E-state index in [4.69, 9.17) is 0 Å². The van der Waals surface area contributed by atoms with Crippen molar-refractivity contribution >= 4 is 28.8 Å². The molecule has 7 heteroatoms. The van der Waals surface area contributed by atoms with Crippen LogP contribution in [-0.4, -0.2) is 28.1 Å². The van der Waals surface area contributed by atoms with E-state index >= 15 is 0 Å². The number of nitrogens with zero attached hydrogens (tertiary/aromatic N) is 2. The van der Waals surface area contributed by atoms with E-state index in [1.54, 1.807) is 23.1 Å². The second-order valence-electron chi connectivity index (χ2n) is 5.44. The van der Waals surface area contributed by atoms with Crippen LogP contribution in [0.4, 0.5) is 5.69 Å². The van der Waals surface area contributed by atoms with E-state index in [0.29, 0.717) is 23.7 Å². The fourth-order valence-corrected chi connectivity index (χ4v) is 2.93. The van der Waals surface area contributed by atoms with Crippen LogP contribution in [0.2, 0.25) is 0 Å². The number of hydrogen-bond donors (Lipinski definition) is 2. The van der Waals surface area contributed by atoms with Crippen molar-refractivity contribution < 1.29 is 9.59 Å². The Bertz CT molecular complexity index is 828. The number of rotatable bonds is 7. The monoisotopic (exact) mass is 354 g/mol. The molecule has 0 bridgehead atoms. The smallest absolute Gasteiger partial charge is 0.261 e. The standard InChI is InChI=1S/C18H18N4O2S/c23-17(8-9-19-18(24)16-7-4-10-25-16)21-15-11-20-22(13-15)12-14-5-2-1-3-6-14/h1-7,10-11,13H,8-9,12H2,(H,19,24)(H,21,23). The molecule has 0 aliphatic rings. The third-order valence-corrected chi connectivity index (χ3v) is 4.36. The zero-order valence-electron chi connectivity index (χ0n) is 13.5. The van der Waals surface area contributed by atoms with Crippen molar-refractivity contribution in [2.24, 2.45) is 0 Å². The molecule has 2 aromatic heterocycles. The highest BCUT2D eigenvalue weighted by molar-refractivity contribution is 7.12. The van der Waals surface area contributed by atoms with Crippen LogP contribution in [-0.2, 0) is 11.3 Å². The van der Waals surface area contributed by atoms with Crippen molar-refractivity contribution in [3.8, 4) is 0 Å². The second-order valence-corrected chi connectivity index (χ2v) is 6.39. The van der Waals surface area contributed by atoms with E-state index in [0.717, 1.165) is 5.56 Å². The van der Waals surface area contributed by atoms with Gasteiger partial charge in [-0.25, -0.2) is 0 Å². The summed E-state index contributed by atoms with van der Waals surface area (Å²) >= 11 is 1.37. The number of aromatic nitrogens is 2. The van der Waals surface area contributed by atoms with Crippen molar-refractivity contribution in [3.05, 3.63) is 70.7 Å². The zero-order valence-corrected chi connectivity index (χ0v) is 14.3. The van der Waals surface area contributed by atoms with E-state index < -0.39 is 0 Å². The molecule has 0 radical (unpaired) electrons. The number of nitrogens with one attached hydrogen (secondary N) is 2. The Balaban J connectivity index is 1.43. The van der Waals surface area contributed by atoms with Crippen LogP contribution in [0.15, 0.2) is 60.2 Å². The second kappa shape index (κ2) is 8.25. The molecule has 1 aromatic carbocycles. The van der Waals surface area contributed by atoms with Crippen molar-refractivity contribution in [1.29, 1.82) is 0 Å². The molecule has 0 aliphatic carbocycles. The van der Waals surface area contributed by atoms with Gasteiger partial charge in [0, 0.05) is 19.2 Å². The maximum Gasteiger partial charge on any atom is 0.261 e. The van der Waals surface area contributed by atoms with E-state index in [1.807, 2.05) is 41.8 Å². The third-order valence-electron chi connectivity index (χ3n) is 3.49. The Morgan fingerprint density at radius 3 is 2.72 bits per heavy atom. The molecule has 0 aliphatic heterocycles. The summed E-state index contributed by atoms with van der Waals surface area (Å²) in [5.41, 5.74) is 1.78. The summed E-state index contributed by atoms with van der Waals surface area (Å²) in [6.07, 6.45) is 3.61. The van der Waals surface area contributed by atoms with E-state index in [1.165, 1.54) is 11.3 Å². The van der Waals surface area contributed by atoms with Gasteiger partial charge in [-0.2, -0.15) is 5.10 Å². The molecule has 6 nitrogen and oxygen atoms in total. The number of hydrogen-bond acceptors (Lipinski definition) is 4. The summed E-state index contributed by atoms with van der Waals surface area (Å²) in [4.78, 5) is 24.4. The van der Waals surface area contributed by atoms with E-state index in [-0.39, 0.29) is 18.2 Å². The van der Waals surface area contributed by atoms with Gasteiger partial charge in [-0.1, -0.05) is 36.4 Å². The van der Waals surface area contributed by atoms with Gasteiger partial charge >= 0.3 is 0 Å².